The zero-order valence-electron chi connectivity index (χ0n) is 14.4. The summed E-state index contributed by atoms with van der Waals surface area (Å²) in [4.78, 5) is 11.3. The molecule has 0 bridgehead atoms. The average Bonchev–Trinajstić information content (AvgIpc) is 2.26. The van der Waals surface area contributed by atoms with Gasteiger partial charge >= 0.3 is 5.97 Å². The van der Waals surface area contributed by atoms with Crippen LogP contribution in [0.3, 0.4) is 0 Å². The molecule has 0 aromatic heterocycles. The summed E-state index contributed by atoms with van der Waals surface area (Å²) in [5.41, 5.74) is 0. The van der Waals surface area contributed by atoms with Gasteiger partial charge in [0.25, 0.3) is 0 Å². The highest BCUT2D eigenvalue weighted by molar-refractivity contribution is 6.74. The van der Waals surface area contributed by atoms with Crippen molar-refractivity contribution in [2.75, 3.05) is 6.61 Å². The van der Waals surface area contributed by atoms with E-state index in [0.29, 0.717) is 18.9 Å². The van der Waals surface area contributed by atoms with Gasteiger partial charge in [0.2, 0.25) is 0 Å². The fourth-order valence-electron chi connectivity index (χ4n) is 1.43. The number of rotatable bonds is 7. The molecule has 0 heterocycles. The van der Waals surface area contributed by atoms with Crippen LogP contribution in [0.25, 0.3) is 0 Å². The Morgan fingerprint density at radius 1 is 1.25 bits per heavy atom. The number of esters is 1. The second kappa shape index (κ2) is 7.98. The van der Waals surface area contributed by atoms with Gasteiger partial charge in [-0.05, 0) is 31.0 Å². The van der Waals surface area contributed by atoms with Gasteiger partial charge in [-0.1, -0.05) is 46.8 Å². The van der Waals surface area contributed by atoms with Crippen LogP contribution in [0, 0.1) is 5.92 Å². The van der Waals surface area contributed by atoms with Crippen molar-refractivity contribution in [2.24, 2.45) is 5.92 Å². The first kappa shape index (κ1) is 19.4. The Morgan fingerprint density at radius 3 is 2.20 bits per heavy atom. The van der Waals surface area contributed by atoms with Crippen LogP contribution in [-0.4, -0.2) is 27.0 Å². The third-order valence-corrected chi connectivity index (χ3v) is 8.28. The monoisotopic (exact) mass is 300 g/mol. The first-order valence-electron chi connectivity index (χ1n) is 7.51. The van der Waals surface area contributed by atoms with Crippen LogP contribution in [0.4, 0.5) is 0 Å². The molecule has 20 heavy (non-hydrogen) atoms. The summed E-state index contributed by atoms with van der Waals surface area (Å²) in [6.07, 6.45) is 4.26. The largest absolute Gasteiger partial charge is 0.466 e. The molecule has 1 atom stereocenters. The molecule has 0 aliphatic rings. The van der Waals surface area contributed by atoms with Gasteiger partial charge in [0.05, 0.1) is 19.1 Å². The minimum Gasteiger partial charge on any atom is -0.466 e. The average molecular weight is 301 g/mol. The van der Waals surface area contributed by atoms with E-state index in [0.717, 1.165) is 0 Å². The third-order valence-electron chi connectivity index (χ3n) is 3.81. The van der Waals surface area contributed by atoms with E-state index >= 15 is 0 Å². The smallest absolute Gasteiger partial charge is 0.309 e. The van der Waals surface area contributed by atoms with Gasteiger partial charge in [-0.3, -0.25) is 4.79 Å². The second-order valence-corrected chi connectivity index (χ2v) is 11.8. The van der Waals surface area contributed by atoms with Crippen LogP contribution in [0.2, 0.25) is 18.1 Å². The Labute approximate surface area is 125 Å². The Kier molecular flexibility index (Phi) is 7.74. The van der Waals surface area contributed by atoms with Crippen molar-refractivity contribution in [3.05, 3.63) is 12.2 Å². The van der Waals surface area contributed by atoms with Crippen molar-refractivity contribution in [1.29, 1.82) is 0 Å². The summed E-state index contributed by atoms with van der Waals surface area (Å²) in [6.45, 7) is 17.7. The number of carbonyl (C=O) groups is 1. The van der Waals surface area contributed by atoms with Gasteiger partial charge in [-0.2, -0.15) is 0 Å². The molecule has 0 aromatic rings. The zero-order chi connectivity index (χ0) is 16.0. The van der Waals surface area contributed by atoms with E-state index in [9.17, 15) is 4.79 Å². The van der Waals surface area contributed by atoms with Gasteiger partial charge in [-0.15, -0.1) is 0 Å². The maximum Gasteiger partial charge on any atom is 0.309 e. The standard InChI is InChI=1S/C16H32O3Si/c1-9-18-15(17)12-10-11-14(13(2)3)19-20(7,8)16(4,5)6/h10-11,13-14H,9,12H2,1-8H3/b11-10+/t14-/m0/s1. The van der Waals surface area contributed by atoms with Crippen LogP contribution in [0.15, 0.2) is 12.2 Å². The molecule has 0 amide bonds. The van der Waals surface area contributed by atoms with Gasteiger partial charge in [0.1, 0.15) is 0 Å². The molecule has 0 spiro atoms. The Bertz CT molecular complexity index is 327. The van der Waals surface area contributed by atoms with E-state index in [1.54, 1.807) is 0 Å². The SMILES string of the molecule is CCOC(=O)C/C=C/[C@H](O[Si](C)(C)C(C)(C)C)C(C)C. The van der Waals surface area contributed by atoms with Crippen molar-refractivity contribution < 1.29 is 14.0 Å². The molecular formula is C16H32O3Si. The van der Waals surface area contributed by atoms with Crippen LogP contribution in [0.1, 0.15) is 48.0 Å². The first-order valence-corrected chi connectivity index (χ1v) is 10.4. The molecule has 0 rings (SSSR count). The molecule has 3 nitrogen and oxygen atoms in total. The molecule has 0 saturated carbocycles. The van der Waals surface area contributed by atoms with Crippen LogP contribution in [0.5, 0.6) is 0 Å². The Balaban J connectivity index is 4.68. The lowest BCUT2D eigenvalue weighted by Crippen LogP contribution is -2.44. The number of carbonyl (C=O) groups excluding carboxylic acids is 1. The molecule has 4 heteroatoms. The maximum absolute atomic E-state index is 11.3. The molecular weight excluding hydrogens is 268 g/mol. The third kappa shape index (κ3) is 6.71. The lowest BCUT2D eigenvalue weighted by Gasteiger charge is -2.39. The Hall–Kier alpha value is -0.613. The van der Waals surface area contributed by atoms with E-state index in [-0.39, 0.29) is 17.1 Å². The minimum absolute atomic E-state index is 0.0605. The number of hydrogen-bond donors (Lipinski definition) is 0. The van der Waals surface area contributed by atoms with E-state index in [1.165, 1.54) is 0 Å². The Morgan fingerprint density at radius 2 is 1.80 bits per heavy atom. The van der Waals surface area contributed by atoms with E-state index in [1.807, 2.05) is 19.1 Å². The fourth-order valence-corrected chi connectivity index (χ4v) is 2.82. The second-order valence-electron chi connectivity index (χ2n) is 7.02. The molecule has 0 aromatic carbocycles. The predicted octanol–water partition coefficient (Wildman–Crippen LogP) is 4.54. The van der Waals surface area contributed by atoms with Crippen molar-refractivity contribution in [1.82, 2.24) is 0 Å². The number of ether oxygens (including phenoxy) is 1. The highest BCUT2D eigenvalue weighted by Gasteiger charge is 2.39. The summed E-state index contributed by atoms with van der Waals surface area (Å²) in [5, 5.41) is 0.190. The molecule has 0 aliphatic heterocycles. The van der Waals surface area contributed by atoms with Crippen molar-refractivity contribution in [3.63, 3.8) is 0 Å². The van der Waals surface area contributed by atoms with Gasteiger partial charge in [0.15, 0.2) is 8.32 Å². The summed E-state index contributed by atoms with van der Waals surface area (Å²) in [5.74, 6) is 0.209. The minimum atomic E-state index is -1.79. The maximum atomic E-state index is 11.3. The first-order chi connectivity index (χ1) is 9.01. The van der Waals surface area contributed by atoms with Gasteiger partial charge in [-0.25, -0.2) is 0 Å². The lowest BCUT2D eigenvalue weighted by atomic mass is 10.1. The summed E-state index contributed by atoms with van der Waals surface area (Å²) in [6, 6.07) is 0. The number of hydrogen-bond acceptors (Lipinski definition) is 3. The molecule has 0 radical (unpaired) electrons. The van der Waals surface area contributed by atoms with Gasteiger partial charge in [0, 0.05) is 0 Å². The van der Waals surface area contributed by atoms with Crippen molar-refractivity contribution in [3.8, 4) is 0 Å². The molecule has 0 saturated heterocycles. The summed E-state index contributed by atoms with van der Waals surface area (Å²) < 4.78 is 11.3. The molecule has 118 valence electrons. The molecule has 0 N–H and O–H groups in total. The van der Waals surface area contributed by atoms with Crippen LogP contribution in [-0.2, 0) is 14.0 Å². The highest BCUT2D eigenvalue weighted by atomic mass is 28.4. The topological polar surface area (TPSA) is 35.5 Å². The fraction of sp³-hybridized carbons (Fsp3) is 0.812. The van der Waals surface area contributed by atoms with Crippen molar-refractivity contribution in [2.45, 2.75) is 72.2 Å². The summed E-state index contributed by atoms with van der Waals surface area (Å²) in [7, 11) is -1.79. The van der Waals surface area contributed by atoms with E-state index < -0.39 is 8.32 Å². The van der Waals surface area contributed by atoms with Crippen LogP contribution < -0.4 is 0 Å². The molecule has 0 fully saturated rings. The zero-order valence-corrected chi connectivity index (χ0v) is 15.4. The normalized spacial score (nSPS) is 14.8. The molecule has 0 unspecified atom stereocenters. The van der Waals surface area contributed by atoms with Crippen molar-refractivity contribution >= 4 is 14.3 Å². The predicted molar refractivity (Wildman–Crippen MR) is 87.3 cm³/mol. The quantitative estimate of drug-likeness (QED) is 0.393. The van der Waals surface area contributed by atoms with E-state index in [2.05, 4.69) is 47.7 Å². The van der Waals surface area contributed by atoms with Crippen LogP contribution >= 0.6 is 0 Å². The molecule has 0 aliphatic carbocycles. The summed E-state index contributed by atoms with van der Waals surface area (Å²) >= 11 is 0. The lowest BCUT2D eigenvalue weighted by molar-refractivity contribution is -0.142. The van der Waals surface area contributed by atoms with E-state index in [4.69, 9.17) is 9.16 Å². The van der Waals surface area contributed by atoms with Gasteiger partial charge < -0.3 is 9.16 Å². The highest BCUT2D eigenvalue weighted by Crippen LogP contribution is 2.38.